The lowest BCUT2D eigenvalue weighted by molar-refractivity contribution is 0.154. The summed E-state index contributed by atoms with van der Waals surface area (Å²) in [7, 11) is 0. The van der Waals surface area contributed by atoms with E-state index in [1.54, 1.807) is 13.0 Å². The molecule has 1 rings (SSSR count). The highest BCUT2D eigenvalue weighted by Crippen LogP contribution is 2.28. The van der Waals surface area contributed by atoms with E-state index in [9.17, 15) is 4.39 Å². The molecule has 0 saturated carbocycles. The highest BCUT2D eigenvalue weighted by molar-refractivity contribution is 5.57. The number of ether oxygens (including phenoxy) is 1. The van der Waals surface area contributed by atoms with Crippen LogP contribution in [-0.2, 0) is 4.74 Å². The molecule has 0 aromatic heterocycles. The summed E-state index contributed by atoms with van der Waals surface area (Å²) in [6.07, 6.45) is 0. The molecular formula is C15H25FN2O. The molecule has 1 aromatic carbocycles. The van der Waals surface area contributed by atoms with Gasteiger partial charge in [-0.25, -0.2) is 4.39 Å². The number of benzene rings is 1. The first-order chi connectivity index (χ1) is 9.01. The molecule has 0 heterocycles. The van der Waals surface area contributed by atoms with Gasteiger partial charge in [-0.2, -0.15) is 0 Å². The minimum absolute atomic E-state index is 0.189. The third-order valence-electron chi connectivity index (χ3n) is 3.23. The van der Waals surface area contributed by atoms with Crippen LogP contribution in [0.15, 0.2) is 12.1 Å². The molecule has 108 valence electrons. The summed E-state index contributed by atoms with van der Waals surface area (Å²) in [5, 5.41) is 0. The first-order valence-corrected chi connectivity index (χ1v) is 6.89. The van der Waals surface area contributed by atoms with Crippen LogP contribution in [0.3, 0.4) is 0 Å². The van der Waals surface area contributed by atoms with Gasteiger partial charge in [-0.05, 0) is 51.0 Å². The summed E-state index contributed by atoms with van der Waals surface area (Å²) in [4.78, 5) is 2.18. The Morgan fingerprint density at radius 2 is 2.05 bits per heavy atom. The normalized spacial score (nSPS) is 12.5. The largest absolute Gasteiger partial charge is 0.380 e. The van der Waals surface area contributed by atoms with Gasteiger partial charge in [-0.1, -0.05) is 0 Å². The van der Waals surface area contributed by atoms with Gasteiger partial charge in [0.15, 0.2) is 0 Å². The molecule has 1 aromatic rings. The van der Waals surface area contributed by atoms with Crippen LogP contribution in [0.1, 0.15) is 37.9 Å². The molecule has 19 heavy (non-hydrogen) atoms. The molecule has 0 aliphatic heterocycles. The highest BCUT2D eigenvalue weighted by Gasteiger charge is 2.15. The van der Waals surface area contributed by atoms with E-state index < -0.39 is 0 Å². The second-order valence-electron chi connectivity index (χ2n) is 4.73. The Morgan fingerprint density at radius 3 is 2.58 bits per heavy atom. The smallest absolute Gasteiger partial charge is 0.126 e. The molecule has 1 atom stereocenters. The van der Waals surface area contributed by atoms with Crippen molar-refractivity contribution in [2.24, 2.45) is 5.73 Å². The number of aryl methyl sites for hydroxylation is 1. The number of nitrogens with two attached hydrogens (primary N) is 1. The lowest BCUT2D eigenvalue weighted by atomic mass is 10.0. The molecule has 0 saturated heterocycles. The SMILES string of the molecule is CCOCCN(CC)c1cc(C)c(F)cc1[C@@H](C)N. The number of hydrogen-bond donors (Lipinski definition) is 1. The Labute approximate surface area is 115 Å². The maximum atomic E-state index is 13.7. The first kappa shape index (κ1) is 15.9. The van der Waals surface area contributed by atoms with Crippen LogP contribution in [0.25, 0.3) is 0 Å². The quantitative estimate of drug-likeness (QED) is 0.773. The predicted octanol–water partition coefficient (Wildman–Crippen LogP) is 3.02. The summed E-state index contributed by atoms with van der Waals surface area (Å²) in [6, 6.07) is 3.24. The predicted molar refractivity (Wildman–Crippen MR) is 78.1 cm³/mol. The zero-order valence-corrected chi connectivity index (χ0v) is 12.4. The maximum Gasteiger partial charge on any atom is 0.126 e. The highest BCUT2D eigenvalue weighted by atomic mass is 19.1. The van der Waals surface area contributed by atoms with Gasteiger partial charge in [0.2, 0.25) is 0 Å². The third-order valence-corrected chi connectivity index (χ3v) is 3.23. The van der Waals surface area contributed by atoms with Crippen LogP contribution < -0.4 is 10.6 Å². The fourth-order valence-corrected chi connectivity index (χ4v) is 2.09. The summed E-state index contributed by atoms with van der Waals surface area (Å²) in [5.41, 5.74) is 8.46. The van der Waals surface area contributed by atoms with Crippen molar-refractivity contribution in [1.29, 1.82) is 0 Å². The van der Waals surface area contributed by atoms with Crippen molar-refractivity contribution >= 4 is 5.69 Å². The molecule has 0 unspecified atom stereocenters. The number of halogens is 1. The molecule has 0 aliphatic rings. The van der Waals surface area contributed by atoms with E-state index in [0.717, 1.165) is 24.3 Å². The molecule has 0 bridgehead atoms. The van der Waals surface area contributed by atoms with E-state index >= 15 is 0 Å². The van der Waals surface area contributed by atoms with Gasteiger partial charge in [0.1, 0.15) is 5.82 Å². The van der Waals surface area contributed by atoms with Crippen molar-refractivity contribution in [3.8, 4) is 0 Å². The van der Waals surface area contributed by atoms with Crippen molar-refractivity contribution in [2.45, 2.75) is 33.7 Å². The molecule has 0 fully saturated rings. The minimum Gasteiger partial charge on any atom is -0.380 e. The molecule has 0 aliphatic carbocycles. The average molecular weight is 268 g/mol. The average Bonchev–Trinajstić information content (AvgIpc) is 2.37. The molecule has 2 N–H and O–H groups in total. The van der Waals surface area contributed by atoms with E-state index in [1.165, 1.54) is 0 Å². The zero-order valence-electron chi connectivity index (χ0n) is 12.4. The van der Waals surface area contributed by atoms with Crippen LogP contribution in [0, 0.1) is 12.7 Å². The summed E-state index contributed by atoms with van der Waals surface area (Å²) < 4.78 is 19.1. The van der Waals surface area contributed by atoms with E-state index in [4.69, 9.17) is 10.5 Å². The van der Waals surface area contributed by atoms with Crippen LogP contribution in [0.4, 0.5) is 10.1 Å². The molecular weight excluding hydrogens is 243 g/mol. The van der Waals surface area contributed by atoms with E-state index in [2.05, 4.69) is 11.8 Å². The molecule has 0 spiro atoms. The first-order valence-electron chi connectivity index (χ1n) is 6.89. The topological polar surface area (TPSA) is 38.5 Å². The fraction of sp³-hybridized carbons (Fsp3) is 0.600. The van der Waals surface area contributed by atoms with E-state index in [0.29, 0.717) is 18.8 Å². The van der Waals surface area contributed by atoms with Crippen molar-refractivity contribution < 1.29 is 9.13 Å². The lowest BCUT2D eigenvalue weighted by Gasteiger charge is -2.27. The van der Waals surface area contributed by atoms with Crippen molar-refractivity contribution in [1.82, 2.24) is 0 Å². The van der Waals surface area contributed by atoms with Gasteiger partial charge in [0, 0.05) is 31.4 Å². The van der Waals surface area contributed by atoms with Crippen molar-refractivity contribution in [2.75, 3.05) is 31.2 Å². The minimum atomic E-state index is -0.197. The fourth-order valence-electron chi connectivity index (χ4n) is 2.09. The van der Waals surface area contributed by atoms with Crippen LogP contribution in [0.5, 0.6) is 0 Å². The Balaban J connectivity index is 3.03. The molecule has 0 amide bonds. The van der Waals surface area contributed by atoms with Crippen LogP contribution in [-0.4, -0.2) is 26.3 Å². The van der Waals surface area contributed by atoms with Gasteiger partial charge in [-0.15, -0.1) is 0 Å². The van der Waals surface area contributed by atoms with Crippen LogP contribution >= 0.6 is 0 Å². The molecule has 0 radical (unpaired) electrons. The van der Waals surface area contributed by atoms with Crippen molar-refractivity contribution in [3.63, 3.8) is 0 Å². The number of hydrogen-bond acceptors (Lipinski definition) is 3. The number of likely N-dealkylation sites (N-methyl/N-ethyl adjacent to an activating group) is 1. The summed E-state index contributed by atoms with van der Waals surface area (Å²) >= 11 is 0. The van der Waals surface area contributed by atoms with Crippen molar-refractivity contribution in [3.05, 3.63) is 29.1 Å². The zero-order chi connectivity index (χ0) is 14.4. The lowest BCUT2D eigenvalue weighted by Crippen LogP contribution is -2.29. The Bertz CT molecular complexity index is 407. The van der Waals surface area contributed by atoms with Crippen LogP contribution in [0.2, 0.25) is 0 Å². The monoisotopic (exact) mass is 268 g/mol. The molecule has 3 nitrogen and oxygen atoms in total. The molecule has 4 heteroatoms. The Kier molecular flexibility index (Phi) is 6.25. The standard InChI is InChI=1S/C15H25FN2O/c1-5-18(7-8-19-6-2)15-9-11(3)14(16)10-13(15)12(4)17/h9-10,12H,5-8,17H2,1-4H3/t12-/m1/s1. The van der Waals surface area contributed by atoms with Gasteiger partial charge in [0.25, 0.3) is 0 Å². The Morgan fingerprint density at radius 1 is 1.37 bits per heavy atom. The van der Waals surface area contributed by atoms with E-state index in [-0.39, 0.29) is 11.9 Å². The van der Waals surface area contributed by atoms with E-state index in [1.807, 2.05) is 19.9 Å². The summed E-state index contributed by atoms with van der Waals surface area (Å²) in [5.74, 6) is -0.197. The second kappa shape index (κ2) is 7.46. The van der Waals surface area contributed by atoms with Gasteiger partial charge in [-0.3, -0.25) is 0 Å². The van der Waals surface area contributed by atoms with Gasteiger partial charge < -0.3 is 15.4 Å². The Hall–Kier alpha value is -1.13. The summed E-state index contributed by atoms with van der Waals surface area (Å²) in [6.45, 7) is 10.7. The number of rotatable bonds is 7. The number of nitrogens with zero attached hydrogens (tertiary/aromatic N) is 1. The van der Waals surface area contributed by atoms with Gasteiger partial charge in [0.05, 0.1) is 6.61 Å². The van der Waals surface area contributed by atoms with Gasteiger partial charge >= 0.3 is 0 Å². The number of anilines is 1. The second-order valence-corrected chi connectivity index (χ2v) is 4.73. The third kappa shape index (κ3) is 4.18. The maximum absolute atomic E-state index is 13.7.